The lowest BCUT2D eigenvalue weighted by Gasteiger charge is -2.16. The Morgan fingerprint density at radius 1 is 1.44 bits per heavy atom. The second-order valence-electron chi connectivity index (χ2n) is 5.31. The van der Waals surface area contributed by atoms with E-state index in [2.05, 4.69) is 20.8 Å². The molecule has 0 amide bonds. The number of hydrazone groups is 1. The van der Waals surface area contributed by atoms with Crippen LogP contribution in [0.15, 0.2) is 40.2 Å². The molecule has 132 valence electrons. The van der Waals surface area contributed by atoms with Crippen molar-refractivity contribution in [1.82, 2.24) is 15.0 Å². The first-order chi connectivity index (χ1) is 11.9. The minimum Gasteiger partial charge on any atom is -0.494 e. The van der Waals surface area contributed by atoms with Crippen molar-refractivity contribution >= 4 is 41.5 Å². The van der Waals surface area contributed by atoms with E-state index < -0.39 is 5.56 Å². The first-order valence-corrected chi connectivity index (χ1v) is 8.48. The molecule has 0 saturated carbocycles. The van der Waals surface area contributed by atoms with Crippen LogP contribution in [0.1, 0.15) is 31.9 Å². The summed E-state index contributed by atoms with van der Waals surface area (Å²) in [6, 6.07) is 9.28. The Morgan fingerprint density at radius 2 is 2.12 bits per heavy atom. The average molecular weight is 377 g/mol. The Labute approximate surface area is 155 Å². The maximum absolute atomic E-state index is 12.0. The van der Waals surface area contributed by atoms with Crippen LogP contribution in [0.4, 0.5) is 5.69 Å². The predicted octanol–water partition coefficient (Wildman–Crippen LogP) is 2.90. The number of aromatic nitrogens is 2. The molecule has 0 radical (unpaired) electrons. The first-order valence-electron chi connectivity index (χ1n) is 7.67. The van der Waals surface area contributed by atoms with E-state index in [0.717, 1.165) is 12.1 Å². The van der Waals surface area contributed by atoms with E-state index in [0.29, 0.717) is 0 Å². The Kier molecular flexibility index (Phi) is 6.43. The molecule has 1 aromatic heterocycles. The Morgan fingerprint density at radius 3 is 2.76 bits per heavy atom. The third-order valence-corrected chi connectivity index (χ3v) is 4.07. The number of thiocarbonyl (C=S) groups is 1. The smallest absolute Gasteiger partial charge is 0.264 e. The molecule has 0 aliphatic rings. The van der Waals surface area contributed by atoms with Crippen LogP contribution in [-0.4, -0.2) is 26.0 Å². The van der Waals surface area contributed by atoms with Gasteiger partial charge in [-0.05, 0) is 49.9 Å². The van der Waals surface area contributed by atoms with E-state index in [1.165, 1.54) is 10.8 Å². The zero-order valence-corrected chi connectivity index (χ0v) is 15.4. The van der Waals surface area contributed by atoms with Gasteiger partial charge in [0, 0.05) is 11.7 Å². The van der Waals surface area contributed by atoms with E-state index in [1.54, 1.807) is 0 Å². The molecule has 0 aliphatic heterocycles. The van der Waals surface area contributed by atoms with Gasteiger partial charge in [0.25, 0.3) is 5.56 Å². The van der Waals surface area contributed by atoms with Gasteiger partial charge in [0.2, 0.25) is 5.88 Å². The van der Waals surface area contributed by atoms with Crippen molar-refractivity contribution in [2.24, 2.45) is 5.10 Å². The predicted molar refractivity (Wildman–Crippen MR) is 106 cm³/mol. The molecule has 0 fully saturated rings. The summed E-state index contributed by atoms with van der Waals surface area (Å²) < 4.78 is 1.65. The number of nitrogens with zero attached hydrogens (tertiary/aromatic N) is 2. The maximum Gasteiger partial charge on any atom is 0.264 e. The fourth-order valence-electron chi connectivity index (χ4n) is 2.10. The fraction of sp³-hybridized carbons (Fsp3) is 0.250. The quantitative estimate of drug-likeness (QED) is 0.364. The highest BCUT2D eigenvalue weighted by Gasteiger charge is 2.14. The average Bonchev–Trinajstić information content (AvgIpc) is 2.58. The van der Waals surface area contributed by atoms with Crippen molar-refractivity contribution in [2.75, 3.05) is 5.32 Å². The topological polar surface area (TPSA) is 94.4 Å². The summed E-state index contributed by atoms with van der Waals surface area (Å²) >= 11 is 10.2. The van der Waals surface area contributed by atoms with E-state index >= 15 is 0 Å². The number of aromatic amines is 1. The molecule has 1 aromatic carbocycles. The third-order valence-electron chi connectivity index (χ3n) is 3.58. The molecular weight excluding hydrogens is 358 g/mol. The standard InChI is InChI=1S/C16H19N5O2S2/c1-3-10(2)21-14(23)12(13(22)19-16(21)25)9-17-20-15(24)18-11-7-5-4-6-8-11/h4-10,23H,3H2,1-2H3,(H2,18,20,24)(H,19,22,25)/b17-9+. The maximum atomic E-state index is 12.0. The van der Waals surface area contributed by atoms with Gasteiger partial charge in [0.05, 0.1) is 6.21 Å². The summed E-state index contributed by atoms with van der Waals surface area (Å²) in [7, 11) is 0. The van der Waals surface area contributed by atoms with E-state index in [9.17, 15) is 9.90 Å². The second kappa shape index (κ2) is 8.54. The number of nitrogens with one attached hydrogen (secondary N) is 3. The van der Waals surface area contributed by atoms with Crippen LogP contribution in [-0.2, 0) is 0 Å². The molecule has 0 saturated heterocycles. The van der Waals surface area contributed by atoms with Gasteiger partial charge in [-0.3, -0.25) is 19.8 Å². The normalized spacial score (nSPS) is 12.1. The van der Waals surface area contributed by atoms with Gasteiger partial charge in [-0.2, -0.15) is 5.10 Å². The van der Waals surface area contributed by atoms with Crippen LogP contribution in [0.2, 0.25) is 0 Å². The number of rotatable bonds is 5. The Hall–Kier alpha value is -2.52. The minimum atomic E-state index is -0.519. The van der Waals surface area contributed by atoms with Crippen molar-refractivity contribution in [3.8, 4) is 5.88 Å². The second-order valence-corrected chi connectivity index (χ2v) is 6.11. The van der Waals surface area contributed by atoms with Gasteiger partial charge in [-0.15, -0.1) is 0 Å². The Balaban J connectivity index is 2.17. The molecule has 0 bridgehead atoms. The van der Waals surface area contributed by atoms with Gasteiger partial charge in [-0.25, -0.2) is 0 Å². The molecule has 2 rings (SSSR count). The molecule has 1 atom stereocenters. The van der Waals surface area contributed by atoms with Crippen LogP contribution in [0.25, 0.3) is 0 Å². The summed E-state index contributed by atoms with van der Waals surface area (Å²) in [6.45, 7) is 3.85. The van der Waals surface area contributed by atoms with E-state index in [4.69, 9.17) is 24.4 Å². The van der Waals surface area contributed by atoms with E-state index in [1.807, 2.05) is 44.2 Å². The fourth-order valence-corrected chi connectivity index (χ4v) is 2.63. The van der Waals surface area contributed by atoms with Crippen LogP contribution < -0.4 is 16.3 Å². The van der Waals surface area contributed by atoms with Crippen molar-refractivity contribution in [2.45, 2.75) is 26.3 Å². The summed E-state index contributed by atoms with van der Waals surface area (Å²) in [5, 5.41) is 17.5. The van der Waals surface area contributed by atoms with E-state index in [-0.39, 0.29) is 27.4 Å². The van der Waals surface area contributed by atoms with Crippen molar-refractivity contribution in [1.29, 1.82) is 0 Å². The highest BCUT2D eigenvalue weighted by molar-refractivity contribution is 7.80. The van der Waals surface area contributed by atoms with Crippen molar-refractivity contribution < 1.29 is 5.11 Å². The monoisotopic (exact) mass is 377 g/mol. The molecule has 9 heteroatoms. The number of hydrogen-bond acceptors (Lipinski definition) is 5. The molecule has 0 spiro atoms. The summed E-state index contributed by atoms with van der Waals surface area (Å²) in [4.78, 5) is 14.6. The van der Waals surface area contributed by atoms with Gasteiger partial charge in [0.1, 0.15) is 5.56 Å². The van der Waals surface area contributed by atoms with Crippen LogP contribution >= 0.6 is 24.4 Å². The largest absolute Gasteiger partial charge is 0.494 e. The van der Waals surface area contributed by atoms with Crippen LogP contribution in [0, 0.1) is 4.77 Å². The molecule has 25 heavy (non-hydrogen) atoms. The highest BCUT2D eigenvalue weighted by Crippen LogP contribution is 2.19. The number of aromatic hydroxyl groups is 1. The number of para-hydroxylation sites is 1. The number of H-pyrrole nitrogens is 1. The van der Waals surface area contributed by atoms with Crippen LogP contribution in [0.5, 0.6) is 5.88 Å². The molecule has 0 aliphatic carbocycles. The first kappa shape index (κ1) is 18.8. The van der Waals surface area contributed by atoms with Crippen molar-refractivity contribution in [3.63, 3.8) is 0 Å². The number of hydrogen-bond donors (Lipinski definition) is 4. The lowest BCUT2D eigenvalue weighted by Crippen LogP contribution is -2.25. The lowest BCUT2D eigenvalue weighted by atomic mass is 10.2. The summed E-state index contributed by atoms with van der Waals surface area (Å²) in [5.41, 5.74) is 2.89. The minimum absolute atomic E-state index is 0.00362. The van der Waals surface area contributed by atoms with Gasteiger partial charge in [-0.1, -0.05) is 25.1 Å². The van der Waals surface area contributed by atoms with Crippen molar-refractivity contribution in [3.05, 3.63) is 51.0 Å². The molecule has 7 nitrogen and oxygen atoms in total. The SMILES string of the molecule is CCC(C)n1c(O)c(/C=N/NC(=S)Nc2ccccc2)c(=O)[nH]c1=S. The number of benzene rings is 1. The summed E-state index contributed by atoms with van der Waals surface area (Å²) in [6.07, 6.45) is 1.95. The Bertz CT molecular complexity index is 890. The third kappa shape index (κ3) is 4.74. The lowest BCUT2D eigenvalue weighted by molar-refractivity contribution is 0.371. The molecule has 1 heterocycles. The highest BCUT2D eigenvalue weighted by atomic mass is 32.1. The number of anilines is 1. The van der Waals surface area contributed by atoms with Gasteiger partial charge < -0.3 is 10.4 Å². The zero-order valence-electron chi connectivity index (χ0n) is 13.8. The van der Waals surface area contributed by atoms with Gasteiger partial charge >= 0.3 is 0 Å². The van der Waals surface area contributed by atoms with Gasteiger partial charge in [0.15, 0.2) is 9.88 Å². The molecule has 4 N–H and O–H groups in total. The molecule has 1 unspecified atom stereocenters. The zero-order chi connectivity index (χ0) is 18.4. The summed E-state index contributed by atoms with van der Waals surface area (Å²) in [5.74, 6) is -0.226. The molecule has 2 aromatic rings. The van der Waals surface area contributed by atoms with Crippen LogP contribution in [0.3, 0.4) is 0 Å². The molecular formula is C16H19N5O2S2.